The Kier molecular flexibility index (Phi) is 35.7. The van der Waals surface area contributed by atoms with Gasteiger partial charge in [-0.2, -0.15) is 0 Å². The molecule has 0 radical (unpaired) electrons. The summed E-state index contributed by atoms with van der Waals surface area (Å²) >= 11 is 0. The van der Waals surface area contributed by atoms with Crippen LogP contribution >= 0.6 is 0 Å². The second kappa shape index (κ2) is 33.4. The molecule has 4 atom stereocenters. The summed E-state index contributed by atoms with van der Waals surface area (Å²) < 4.78 is 0. The molecule has 0 heterocycles. The number of Topliss-reactive ketones (excluding diaryl/α,β-unsaturated/α-hetero) is 2. The monoisotopic (exact) mass is 715 g/mol. The van der Waals surface area contributed by atoms with Crippen molar-refractivity contribution < 1.29 is 38.7 Å². The average Bonchev–Trinajstić information content (AvgIpc) is 3.02. The van der Waals surface area contributed by atoms with Crippen LogP contribution in [0.2, 0.25) is 0 Å². The van der Waals surface area contributed by atoms with Gasteiger partial charge in [0.15, 0.2) is 0 Å². The molecule has 0 N–H and O–H groups in total. The minimum absolute atomic E-state index is 0. The van der Waals surface area contributed by atoms with Gasteiger partial charge in [0.05, 0.1) is 12.8 Å². The molecule has 0 saturated heterocycles. The predicted molar refractivity (Wildman–Crippen MR) is 197 cm³/mol. The van der Waals surface area contributed by atoms with Gasteiger partial charge < -0.3 is 9.80 Å². The van der Waals surface area contributed by atoms with Crippen LogP contribution in [0, 0.1) is 23.7 Å². The van der Waals surface area contributed by atoms with Gasteiger partial charge in [-0.15, -0.1) is 0 Å². The van der Waals surface area contributed by atoms with E-state index in [1.165, 1.54) is 90.9 Å². The maximum absolute atomic E-state index is 12.5. The van der Waals surface area contributed by atoms with E-state index in [0.717, 1.165) is 51.9 Å². The number of ketones is 2. The van der Waals surface area contributed by atoms with Crippen molar-refractivity contribution >= 4 is 23.4 Å². The maximum atomic E-state index is 12.5. The maximum Gasteiger partial charge on any atom is 2.00 e. The van der Waals surface area contributed by atoms with E-state index in [2.05, 4.69) is 55.4 Å². The second-order valence-electron chi connectivity index (χ2n) is 14.0. The molecule has 0 aromatic carbocycles. The molecule has 7 heteroatoms. The molecule has 47 heavy (non-hydrogen) atoms. The average molecular weight is 716 g/mol. The van der Waals surface area contributed by atoms with E-state index in [1.54, 1.807) is 0 Å². The fourth-order valence-electron chi connectivity index (χ4n) is 6.12. The van der Waals surface area contributed by atoms with Gasteiger partial charge in [0.25, 0.3) is 0 Å². The zero-order chi connectivity index (χ0) is 35.3. The number of hydrogen-bond acceptors (Lipinski definition) is 4. The summed E-state index contributed by atoms with van der Waals surface area (Å²) in [5.41, 5.74) is 0. The molecule has 4 unspecified atom stereocenters. The van der Waals surface area contributed by atoms with E-state index < -0.39 is 0 Å². The Morgan fingerprint density at radius 2 is 0.638 bits per heavy atom. The molecule has 0 spiro atoms. The van der Waals surface area contributed by atoms with E-state index in [0.29, 0.717) is 23.7 Å². The molecular weight excluding hydrogens is 638 g/mol. The van der Waals surface area contributed by atoms with Crippen LogP contribution in [0.5, 0.6) is 0 Å². The van der Waals surface area contributed by atoms with Crippen molar-refractivity contribution in [1.29, 1.82) is 0 Å². The van der Waals surface area contributed by atoms with Crippen molar-refractivity contribution in [3.8, 4) is 0 Å². The summed E-state index contributed by atoms with van der Waals surface area (Å²) in [6.07, 6.45) is 19.0. The number of amides is 2. The first kappa shape index (κ1) is 50.3. The Labute approximate surface area is 305 Å². The standard InChI is InChI=1S/2C20H39NO2.Zn/c2*1-6-10-12-18(8-3)15-21(20(23)14-17(5)22)16-19(9-4)13-11-7-2;/h2*18-19H,6-16H2,1-5H3;/q;;+2. The van der Waals surface area contributed by atoms with Gasteiger partial charge in [-0.25, -0.2) is 0 Å². The Hall–Kier alpha value is -1.10. The van der Waals surface area contributed by atoms with Gasteiger partial charge >= 0.3 is 19.5 Å². The van der Waals surface area contributed by atoms with Crippen LogP contribution in [0.15, 0.2) is 0 Å². The first-order valence-electron chi connectivity index (χ1n) is 19.5. The summed E-state index contributed by atoms with van der Waals surface area (Å²) in [5.74, 6) is 2.27. The largest absolute Gasteiger partial charge is 2.00 e. The summed E-state index contributed by atoms with van der Waals surface area (Å²) in [4.78, 5) is 51.7. The van der Waals surface area contributed by atoms with E-state index in [9.17, 15) is 19.2 Å². The van der Waals surface area contributed by atoms with Crippen molar-refractivity contribution in [1.82, 2.24) is 9.80 Å². The SMILES string of the molecule is CCCCC(CC)CN(CC(CC)CCCC)C(=O)CC(C)=O.CCCCC(CC)CN(CC(CC)CCCC)C(=O)CC(C)=O.[Zn+2]. The molecule has 0 aliphatic carbocycles. The zero-order valence-corrected chi connectivity index (χ0v) is 36.1. The number of rotatable bonds is 28. The molecule has 2 amide bonds. The molecule has 0 bridgehead atoms. The van der Waals surface area contributed by atoms with Crippen LogP contribution in [-0.2, 0) is 38.7 Å². The van der Waals surface area contributed by atoms with Crippen molar-refractivity contribution in [2.75, 3.05) is 26.2 Å². The van der Waals surface area contributed by atoms with Crippen molar-refractivity contribution in [2.24, 2.45) is 23.7 Å². The minimum Gasteiger partial charge on any atom is -0.342 e. The third-order valence-corrected chi connectivity index (χ3v) is 9.59. The third kappa shape index (κ3) is 27.4. The molecule has 6 nitrogen and oxygen atoms in total. The van der Waals surface area contributed by atoms with Crippen LogP contribution in [0.1, 0.15) is 185 Å². The van der Waals surface area contributed by atoms with E-state index in [1.807, 2.05) is 9.80 Å². The Morgan fingerprint density at radius 1 is 0.426 bits per heavy atom. The van der Waals surface area contributed by atoms with Gasteiger partial charge in [-0.1, -0.05) is 132 Å². The molecule has 0 aromatic heterocycles. The van der Waals surface area contributed by atoms with Crippen LogP contribution in [0.3, 0.4) is 0 Å². The Bertz CT molecular complexity index is 690. The van der Waals surface area contributed by atoms with E-state index in [4.69, 9.17) is 0 Å². The number of carbonyl (C=O) groups is 4. The van der Waals surface area contributed by atoms with Gasteiger partial charge in [-0.3, -0.25) is 19.2 Å². The predicted octanol–water partition coefficient (Wildman–Crippen LogP) is 10.5. The quantitative estimate of drug-likeness (QED) is 0.0597. The number of carbonyl (C=O) groups excluding carboxylic acids is 4. The molecule has 0 saturated carbocycles. The number of hydrogen-bond donors (Lipinski definition) is 0. The Morgan fingerprint density at radius 3 is 0.787 bits per heavy atom. The van der Waals surface area contributed by atoms with Crippen LogP contribution in [-0.4, -0.2) is 59.4 Å². The van der Waals surface area contributed by atoms with Gasteiger partial charge in [0.2, 0.25) is 11.8 Å². The van der Waals surface area contributed by atoms with Crippen LogP contribution in [0.25, 0.3) is 0 Å². The van der Waals surface area contributed by atoms with Gasteiger partial charge in [-0.05, 0) is 63.2 Å². The normalized spacial score (nSPS) is 13.3. The summed E-state index contributed by atoms with van der Waals surface area (Å²) in [6, 6.07) is 0. The van der Waals surface area contributed by atoms with Gasteiger partial charge in [0, 0.05) is 26.2 Å². The first-order valence-corrected chi connectivity index (χ1v) is 19.5. The minimum atomic E-state index is -0.0248. The fourth-order valence-corrected chi connectivity index (χ4v) is 6.12. The van der Waals surface area contributed by atoms with Crippen molar-refractivity contribution in [2.45, 2.75) is 185 Å². The van der Waals surface area contributed by atoms with Crippen LogP contribution < -0.4 is 0 Å². The van der Waals surface area contributed by atoms with Crippen LogP contribution in [0.4, 0.5) is 0 Å². The molecule has 272 valence electrons. The molecule has 0 aliphatic rings. The summed E-state index contributed by atoms with van der Waals surface area (Å²) in [6.45, 7) is 24.0. The Balaban J connectivity index is -0.000000807. The first-order chi connectivity index (χ1) is 22.0. The van der Waals surface area contributed by atoms with E-state index in [-0.39, 0.29) is 55.7 Å². The fraction of sp³-hybridized carbons (Fsp3) is 0.900. The zero-order valence-electron chi connectivity index (χ0n) is 33.1. The summed E-state index contributed by atoms with van der Waals surface area (Å²) in [5, 5.41) is 0. The smallest absolute Gasteiger partial charge is 0.342 e. The van der Waals surface area contributed by atoms with Gasteiger partial charge in [0.1, 0.15) is 11.6 Å². The van der Waals surface area contributed by atoms with Crippen molar-refractivity contribution in [3.05, 3.63) is 0 Å². The summed E-state index contributed by atoms with van der Waals surface area (Å²) in [7, 11) is 0. The number of nitrogens with zero attached hydrogens (tertiary/aromatic N) is 2. The molecule has 0 aliphatic heterocycles. The topological polar surface area (TPSA) is 74.8 Å². The van der Waals surface area contributed by atoms with Crippen molar-refractivity contribution in [3.63, 3.8) is 0 Å². The molecule has 0 rings (SSSR count). The second-order valence-corrected chi connectivity index (χ2v) is 14.0. The molecule has 0 aromatic rings. The van der Waals surface area contributed by atoms with E-state index >= 15 is 0 Å². The third-order valence-electron chi connectivity index (χ3n) is 9.59. The molecule has 0 fully saturated rings. The number of unbranched alkanes of at least 4 members (excludes halogenated alkanes) is 4. The molecular formula is C40H78N2O4Zn+2.